The third-order valence-electron chi connectivity index (χ3n) is 7.72. The Balaban J connectivity index is 1.22. The lowest BCUT2D eigenvalue weighted by atomic mass is 9.98. The molecule has 0 spiro atoms. The van der Waals surface area contributed by atoms with Crippen molar-refractivity contribution in [1.29, 1.82) is 0 Å². The van der Waals surface area contributed by atoms with Gasteiger partial charge in [-0.3, -0.25) is 4.79 Å². The molecule has 4 N–H and O–H groups in total. The third kappa shape index (κ3) is 6.79. The number of ether oxygens (including phenoxy) is 2. The highest BCUT2D eigenvalue weighted by molar-refractivity contribution is 6.30. The van der Waals surface area contributed by atoms with Crippen LogP contribution in [0.2, 0.25) is 5.02 Å². The van der Waals surface area contributed by atoms with E-state index in [0.29, 0.717) is 47.0 Å². The molecule has 42 heavy (non-hydrogen) atoms. The molecule has 0 aliphatic carbocycles. The van der Waals surface area contributed by atoms with Gasteiger partial charge in [0.2, 0.25) is 5.88 Å². The van der Waals surface area contributed by atoms with Gasteiger partial charge in [0.1, 0.15) is 28.4 Å². The van der Waals surface area contributed by atoms with Crippen LogP contribution in [-0.2, 0) is 4.74 Å². The molecule has 3 aromatic rings. The summed E-state index contributed by atoms with van der Waals surface area (Å²) in [7, 11) is 0. The van der Waals surface area contributed by atoms with E-state index in [4.69, 9.17) is 37.6 Å². The molecule has 11 nitrogen and oxygen atoms in total. The number of amides is 2. The van der Waals surface area contributed by atoms with Gasteiger partial charge in [0.05, 0.1) is 11.1 Å². The molecule has 1 aromatic carbocycles. The second-order valence-electron chi connectivity index (χ2n) is 11.8. The summed E-state index contributed by atoms with van der Waals surface area (Å²) in [6, 6.07) is 11.0. The molecule has 12 heteroatoms. The van der Waals surface area contributed by atoms with Crippen LogP contribution < -0.4 is 16.2 Å². The number of rotatable bonds is 6. The van der Waals surface area contributed by atoms with Crippen LogP contribution in [0.15, 0.2) is 42.6 Å². The third-order valence-corrected chi connectivity index (χ3v) is 7.95. The molecule has 5 rings (SSSR count). The number of hydrogen-bond acceptors (Lipinski definition) is 8. The number of likely N-dealkylation sites (tertiary alicyclic amines) is 2. The van der Waals surface area contributed by atoms with Crippen LogP contribution in [0.5, 0.6) is 11.6 Å². The fourth-order valence-corrected chi connectivity index (χ4v) is 5.74. The molecule has 2 aliphatic rings. The van der Waals surface area contributed by atoms with Crippen molar-refractivity contribution in [2.24, 2.45) is 5.73 Å². The maximum absolute atomic E-state index is 12.5. The smallest absolute Gasteiger partial charge is 0.410 e. The number of primary amides is 1. The predicted molar refractivity (Wildman–Crippen MR) is 161 cm³/mol. The molecule has 0 unspecified atom stereocenters. The van der Waals surface area contributed by atoms with Gasteiger partial charge >= 0.3 is 6.09 Å². The predicted octanol–water partition coefficient (Wildman–Crippen LogP) is 5.11. The summed E-state index contributed by atoms with van der Waals surface area (Å²) in [5.74, 6) is 0.658. The monoisotopic (exact) mass is 595 g/mol. The fourth-order valence-electron chi connectivity index (χ4n) is 5.63. The second-order valence-corrected chi connectivity index (χ2v) is 12.3. The van der Waals surface area contributed by atoms with Gasteiger partial charge in [-0.05, 0) is 76.8 Å². The van der Waals surface area contributed by atoms with Crippen molar-refractivity contribution in [3.8, 4) is 22.9 Å². The van der Waals surface area contributed by atoms with Crippen LogP contribution in [0.25, 0.3) is 11.3 Å². The Morgan fingerprint density at radius 1 is 0.952 bits per heavy atom. The highest BCUT2D eigenvalue weighted by Gasteiger charge is 2.33. The lowest BCUT2D eigenvalue weighted by molar-refractivity contribution is 0.0119. The molecular formula is C30H38ClN7O4. The molecule has 2 aliphatic heterocycles. The summed E-state index contributed by atoms with van der Waals surface area (Å²) in [5, 5.41) is 5.31. The van der Waals surface area contributed by atoms with Gasteiger partial charge in [0.15, 0.2) is 0 Å². The van der Waals surface area contributed by atoms with Crippen molar-refractivity contribution in [1.82, 2.24) is 24.6 Å². The first-order chi connectivity index (χ1) is 20.0. The number of halogens is 1. The first-order valence-electron chi connectivity index (χ1n) is 14.3. The minimum absolute atomic E-state index is 0.0496. The number of anilines is 1. The first-order valence-corrected chi connectivity index (χ1v) is 14.7. The molecule has 4 heterocycles. The van der Waals surface area contributed by atoms with Crippen LogP contribution in [0.1, 0.15) is 62.9 Å². The number of carbonyl (C=O) groups excluding carboxylic acids is 2. The first kappa shape index (κ1) is 29.7. The Morgan fingerprint density at radius 2 is 1.60 bits per heavy atom. The number of aromatic nitrogens is 3. The highest BCUT2D eigenvalue weighted by Crippen LogP contribution is 2.34. The molecule has 224 valence electrons. The van der Waals surface area contributed by atoms with Gasteiger partial charge in [0, 0.05) is 50.0 Å². The lowest BCUT2D eigenvalue weighted by Crippen LogP contribution is -2.50. The molecule has 2 saturated heterocycles. The van der Waals surface area contributed by atoms with Crippen LogP contribution in [0, 0.1) is 0 Å². The maximum Gasteiger partial charge on any atom is 0.410 e. The molecule has 2 fully saturated rings. The van der Waals surface area contributed by atoms with Crippen molar-refractivity contribution in [2.45, 2.75) is 64.1 Å². The van der Waals surface area contributed by atoms with Crippen molar-refractivity contribution < 1.29 is 19.1 Å². The summed E-state index contributed by atoms with van der Waals surface area (Å²) >= 11 is 5.89. The van der Waals surface area contributed by atoms with E-state index in [2.05, 4.69) is 9.88 Å². The number of pyridine rings is 1. The number of nitrogens with two attached hydrogens (primary N) is 2. The molecule has 0 radical (unpaired) electrons. The highest BCUT2D eigenvalue weighted by atomic mass is 35.5. The average molecular weight is 596 g/mol. The number of nitrogen functional groups attached to an aromatic ring is 1. The van der Waals surface area contributed by atoms with Crippen molar-refractivity contribution >= 4 is 29.4 Å². The quantitative estimate of drug-likeness (QED) is 0.400. The van der Waals surface area contributed by atoms with Crippen LogP contribution in [0.4, 0.5) is 10.6 Å². The molecule has 0 saturated carbocycles. The minimum Gasteiger partial charge on any atom is -0.444 e. The van der Waals surface area contributed by atoms with E-state index < -0.39 is 11.5 Å². The van der Waals surface area contributed by atoms with E-state index in [1.54, 1.807) is 33.8 Å². The molecule has 0 bridgehead atoms. The van der Waals surface area contributed by atoms with E-state index in [1.165, 1.54) is 6.20 Å². The Morgan fingerprint density at radius 3 is 2.17 bits per heavy atom. The van der Waals surface area contributed by atoms with E-state index in [0.717, 1.165) is 38.8 Å². The van der Waals surface area contributed by atoms with E-state index in [9.17, 15) is 9.59 Å². The molecular weight excluding hydrogens is 558 g/mol. The molecule has 2 aromatic heterocycles. The van der Waals surface area contributed by atoms with Gasteiger partial charge in [0.25, 0.3) is 5.91 Å². The Bertz CT molecular complexity index is 1400. The van der Waals surface area contributed by atoms with Crippen LogP contribution in [0.3, 0.4) is 0 Å². The van der Waals surface area contributed by atoms with Gasteiger partial charge in [-0.25, -0.2) is 14.5 Å². The van der Waals surface area contributed by atoms with Gasteiger partial charge in [-0.1, -0.05) is 11.6 Å². The van der Waals surface area contributed by atoms with Crippen molar-refractivity contribution in [3.63, 3.8) is 0 Å². The fraction of sp³-hybridized carbons (Fsp3) is 0.467. The number of carbonyl (C=O) groups is 2. The summed E-state index contributed by atoms with van der Waals surface area (Å²) < 4.78 is 13.1. The van der Waals surface area contributed by atoms with Crippen LogP contribution >= 0.6 is 11.6 Å². The summed E-state index contributed by atoms with van der Waals surface area (Å²) in [4.78, 5) is 33.3. The van der Waals surface area contributed by atoms with Crippen molar-refractivity contribution in [2.75, 3.05) is 31.9 Å². The molecule has 2 amide bonds. The van der Waals surface area contributed by atoms with E-state index >= 15 is 0 Å². The SMILES string of the molecule is CC(C)(C)OC(=O)N1CCC(N2CCC(n3nc(-c4ccc(Oc5ccc(Cl)cn5)cc4)c(C(N)=O)c3N)CC2)CC1. The minimum atomic E-state index is -0.617. The zero-order valence-corrected chi connectivity index (χ0v) is 25.0. The van der Waals surface area contributed by atoms with E-state index in [1.807, 2.05) is 32.9 Å². The van der Waals surface area contributed by atoms with Gasteiger partial charge < -0.3 is 30.7 Å². The number of nitrogens with zero attached hydrogens (tertiary/aromatic N) is 5. The van der Waals surface area contributed by atoms with Crippen molar-refractivity contribution in [3.05, 3.63) is 53.2 Å². The zero-order chi connectivity index (χ0) is 30.0. The normalized spacial score (nSPS) is 17.3. The van der Waals surface area contributed by atoms with E-state index in [-0.39, 0.29) is 23.5 Å². The Kier molecular flexibility index (Phi) is 8.60. The largest absolute Gasteiger partial charge is 0.444 e. The Labute approximate surface area is 250 Å². The topological polar surface area (TPSA) is 142 Å². The van der Waals surface area contributed by atoms with Gasteiger partial charge in [-0.15, -0.1) is 0 Å². The standard InChI is InChI=1S/C30H38ClN7O4/c1-30(2,3)42-29(40)37-16-10-21(11-17-37)36-14-12-22(13-15-36)38-27(32)25(28(33)39)26(35-38)19-4-7-23(8-5-19)41-24-9-6-20(31)18-34-24/h4-9,18,21-22H,10-17,32H2,1-3H3,(H2,33,39). The number of hydrogen-bond donors (Lipinski definition) is 2. The lowest BCUT2D eigenvalue weighted by Gasteiger charge is -2.42. The maximum atomic E-state index is 12.5. The number of benzene rings is 1. The summed E-state index contributed by atoms with van der Waals surface area (Å²) in [6.07, 6.45) is 4.79. The van der Waals surface area contributed by atoms with Crippen LogP contribution in [-0.4, -0.2) is 74.4 Å². The summed E-state index contributed by atoms with van der Waals surface area (Å²) in [6.45, 7) is 8.80. The second kappa shape index (κ2) is 12.2. The average Bonchev–Trinajstić information content (AvgIpc) is 3.31. The number of piperidine rings is 2. The Hall–Kier alpha value is -3.83. The van der Waals surface area contributed by atoms with Gasteiger partial charge in [-0.2, -0.15) is 5.10 Å². The summed E-state index contributed by atoms with van der Waals surface area (Å²) in [5.41, 5.74) is 13.1. The zero-order valence-electron chi connectivity index (χ0n) is 24.3. The molecule has 0 atom stereocenters.